The monoisotopic (exact) mass is 502 g/mol. The van der Waals surface area contributed by atoms with Gasteiger partial charge in [0.05, 0.1) is 32.0 Å². The lowest BCUT2D eigenvalue weighted by Crippen LogP contribution is -2.65. The van der Waals surface area contributed by atoms with Crippen LogP contribution in [0.1, 0.15) is 6.42 Å². The second-order valence-corrected chi connectivity index (χ2v) is 8.45. The molecule has 3 saturated heterocycles. The Balaban J connectivity index is 1.75. The van der Waals surface area contributed by atoms with Crippen LogP contribution in [0, 0.1) is 0 Å². The predicted octanol–water partition coefficient (Wildman–Crippen LogP) is -5.89. The van der Waals surface area contributed by atoms with Crippen LogP contribution in [0.5, 0.6) is 0 Å². The lowest BCUT2D eigenvalue weighted by Gasteiger charge is -2.47. The summed E-state index contributed by atoms with van der Waals surface area (Å²) in [7, 11) is 1.27. The van der Waals surface area contributed by atoms with E-state index in [0.717, 1.165) is 0 Å². The number of aliphatic hydroxyl groups is 9. The highest BCUT2D eigenvalue weighted by Crippen LogP contribution is 2.32. The molecule has 34 heavy (non-hydrogen) atoms. The van der Waals surface area contributed by atoms with E-state index in [1.165, 1.54) is 7.11 Å². The zero-order valence-electron chi connectivity index (χ0n) is 18.4. The highest BCUT2D eigenvalue weighted by Gasteiger charge is 2.52. The number of hydrogen-bond donors (Lipinski definition) is 9. The Bertz CT molecular complexity index is 625. The Kier molecular flexibility index (Phi) is 9.95. The summed E-state index contributed by atoms with van der Waals surface area (Å²) in [6, 6.07) is 0. The smallest absolute Gasteiger partial charge is 0.187 e. The molecule has 0 amide bonds. The number of rotatable bonds is 8. The van der Waals surface area contributed by atoms with E-state index in [2.05, 4.69) is 0 Å². The summed E-state index contributed by atoms with van der Waals surface area (Å²) < 4.78 is 32.5. The highest BCUT2D eigenvalue weighted by atomic mass is 16.8. The van der Waals surface area contributed by atoms with Gasteiger partial charge in [0.25, 0.3) is 0 Å². The van der Waals surface area contributed by atoms with Gasteiger partial charge in [0.2, 0.25) is 0 Å². The van der Waals surface area contributed by atoms with E-state index in [1.54, 1.807) is 0 Å². The van der Waals surface area contributed by atoms with Gasteiger partial charge in [-0.05, 0) is 0 Å². The fourth-order valence-electron chi connectivity index (χ4n) is 4.19. The molecule has 0 spiro atoms. The standard InChI is InChI=1S/C19H34O15/c1-29-19-15(7(23)2-6(3-20)30-19)33-18-14(28)16(11(25)9(5-22)32-18)34-17-13(27)12(26)10(24)8(4-21)31-17/h6-28H,2-5H2,1H3/t6-,7-,8+,9+,10+,11+,12-,13+,14-,15-,16-,17+,18+,19-/m0/s1. The summed E-state index contributed by atoms with van der Waals surface area (Å²) in [5.74, 6) is 0. The molecule has 3 aliphatic heterocycles. The minimum absolute atomic E-state index is 0.0132. The average Bonchev–Trinajstić information content (AvgIpc) is 2.83. The van der Waals surface area contributed by atoms with Gasteiger partial charge in [-0.1, -0.05) is 0 Å². The van der Waals surface area contributed by atoms with E-state index >= 15 is 0 Å². The van der Waals surface area contributed by atoms with Crippen molar-refractivity contribution in [2.75, 3.05) is 26.9 Å². The van der Waals surface area contributed by atoms with Crippen molar-refractivity contribution in [1.29, 1.82) is 0 Å². The quantitative estimate of drug-likeness (QED) is 0.150. The van der Waals surface area contributed by atoms with Gasteiger partial charge in [-0.2, -0.15) is 0 Å². The van der Waals surface area contributed by atoms with E-state index in [9.17, 15) is 46.0 Å². The molecule has 200 valence electrons. The molecule has 3 fully saturated rings. The largest absolute Gasteiger partial charge is 0.394 e. The van der Waals surface area contributed by atoms with Crippen LogP contribution < -0.4 is 0 Å². The van der Waals surface area contributed by atoms with Crippen molar-refractivity contribution in [2.45, 2.75) is 92.4 Å². The molecule has 0 aliphatic carbocycles. The van der Waals surface area contributed by atoms with Crippen LogP contribution >= 0.6 is 0 Å². The Labute approximate surface area is 194 Å². The van der Waals surface area contributed by atoms with Crippen LogP contribution in [-0.2, 0) is 28.4 Å². The Hall–Kier alpha value is -0.600. The Morgan fingerprint density at radius 2 is 1.18 bits per heavy atom. The molecule has 9 N–H and O–H groups in total. The third kappa shape index (κ3) is 5.69. The van der Waals surface area contributed by atoms with Crippen molar-refractivity contribution in [1.82, 2.24) is 0 Å². The fraction of sp³-hybridized carbons (Fsp3) is 1.00. The zero-order valence-corrected chi connectivity index (χ0v) is 18.4. The summed E-state index contributed by atoms with van der Waals surface area (Å²) in [5, 5.41) is 90.2. The maximum Gasteiger partial charge on any atom is 0.187 e. The molecule has 3 heterocycles. The number of methoxy groups -OCH3 is 1. The minimum Gasteiger partial charge on any atom is -0.394 e. The van der Waals surface area contributed by atoms with Crippen molar-refractivity contribution in [3.8, 4) is 0 Å². The molecule has 3 rings (SSSR count). The second-order valence-electron chi connectivity index (χ2n) is 8.45. The van der Waals surface area contributed by atoms with Crippen molar-refractivity contribution in [3.63, 3.8) is 0 Å². The summed E-state index contributed by atoms with van der Waals surface area (Å²) in [6.07, 6.45) is -20.5. The van der Waals surface area contributed by atoms with E-state index in [0.29, 0.717) is 0 Å². The molecule has 15 nitrogen and oxygen atoms in total. The van der Waals surface area contributed by atoms with Crippen molar-refractivity contribution in [2.24, 2.45) is 0 Å². The maximum atomic E-state index is 10.8. The fourth-order valence-corrected chi connectivity index (χ4v) is 4.19. The molecule has 0 bridgehead atoms. The molecular weight excluding hydrogens is 468 g/mol. The number of ether oxygens (including phenoxy) is 6. The normalized spacial score (nSPS) is 50.3. The molecule has 0 unspecified atom stereocenters. The number of hydrogen-bond acceptors (Lipinski definition) is 15. The molecule has 15 heteroatoms. The van der Waals surface area contributed by atoms with E-state index in [4.69, 9.17) is 28.4 Å². The molecule has 14 atom stereocenters. The molecule has 0 saturated carbocycles. The summed E-state index contributed by atoms with van der Waals surface area (Å²) in [5.41, 5.74) is 0. The lowest BCUT2D eigenvalue weighted by molar-refractivity contribution is -0.379. The topological polar surface area (TPSA) is 237 Å². The van der Waals surface area contributed by atoms with Gasteiger partial charge >= 0.3 is 0 Å². The van der Waals surface area contributed by atoms with Crippen LogP contribution in [-0.4, -0.2) is 159 Å². The average molecular weight is 502 g/mol. The Morgan fingerprint density at radius 1 is 0.618 bits per heavy atom. The molecule has 0 aromatic carbocycles. The van der Waals surface area contributed by atoms with Crippen LogP contribution in [0.25, 0.3) is 0 Å². The number of aliphatic hydroxyl groups excluding tert-OH is 9. The molecular formula is C19H34O15. The Morgan fingerprint density at radius 3 is 1.74 bits per heavy atom. The predicted molar refractivity (Wildman–Crippen MR) is 105 cm³/mol. The first-order valence-corrected chi connectivity index (χ1v) is 10.9. The minimum atomic E-state index is -1.81. The summed E-state index contributed by atoms with van der Waals surface area (Å²) in [4.78, 5) is 0. The van der Waals surface area contributed by atoms with Gasteiger partial charge in [0.15, 0.2) is 18.9 Å². The van der Waals surface area contributed by atoms with Crippen LogP contribution in [0.3, 0.4) is 0 Å². The first kappa shape index (κ1) is 28.0. The van der Waals surface area contributed by atoms with E-state index < -0.39 is 99.2 Å². The second kappa shape index (κ2) is 12.1. The van der Waals surface area contributed by atoms with Gasteiger partial charge in [-0.3, -0.25) is 0 Å². The van der Waals surface area contributed by atoms with Crippen LogP contribution in [0.15, 0.2) is 0 Å². The van der Waals surface area contributed by atoms with Crippen LogP contribution in [0.4, 0.5) is 0 Å². The van der Waals surface area contributed by atoms with Crippen molar-refractivity contribution >= 4 is 0 Å². The van der Waals surface area contributed by atoms with Gasteiger partial charge in [-0.25, -0.2) is 0 Å². The molecule has 0 aromatic rings. The SMILES string of the molecule is CO[C@H]1O[C@H](CO)C[C@H](O)[C@@H]1O[C@H]1O[C@H](CO)[C@@H](O)[C@H](O[C@H]2O[C@H](CO)[C@@H](O)[C@H](O)[C@H]2O)[C@@H]1O. The lowest BCUT2D eigenvalue weighted by atomic mass is 9.96. The molecule has 0 aromatic heterocycles. The van der Waals surface area contributed by atoms with Gasteiger partial charge in [-0.15, -0.1) is 0 Å². The zero-order chi connectivity index (χ0) is 25.2. The molecule has 3 aliphatic rings. The van der Waals surface area contributed by atoms with Gasteiger partial charge in [0.1, 0.15) is 54.9 Å². The molecule has 0 radical (unpaired) electrons. The van der Waals surface area contributed by atoms with Gasteiger partial charge < -0.3 is 74.4 Å². The first-order chi connectivity index (χ1) is 16.2. The first-order valence-electron chi connectivity index (χ1n) is 10.9. The summed E-state index contributed by atoms with van der Waals surface area (Å²) >= 11 is 0. The third-order valence-corrected chi connectivity index (χ3v) is 6.17. The van der Waals surface area contributed by atoms with E-state index in [1.807, 2.05) is 0 Å². The van der Waals surface area contributed by atoms with E-state index in [-0.39, 0.29) is 13.0 Å². The van der Waals surface area contributed by atoms with Crippen molar-refractivity contribution < 1.29 is 74.4 Å². The highest BCUT2D eigenvalue weighted by molar-refractivity contribution is 4.95. The summed E-state index contributed by atoms with van der Waals surface area (Å²) in [6.45, 7) is -1.83. The van der Waals surface area contributed by atoms with Gasteiger partial charge in [0, 0.05) is 13.5 Å². The van der Waals surface area contributed by atoms with Crippen LogP contribution in [0.2, 0.25) is 0 Å². The maximum absolute atomic E-state index is 10.8. The third-order valence-electron chi connectivity index (χ3n) is 6.17. The van der Waals surface area contributed by atoms with Crippen molar-refractivity contribution in [3.05, 3.63) is 0 Å².